The van der Waals surface area contributed by atoms with Crippen molar-refractivity contribution >= 4 is 21.4 Å². The highest BCUT2D eigenvalue weighted by Gasteiger charge is 2.32. The molecule has 0 spiro atoms. The molecule has 0 aromatic heterocycles. The van der Waals surface area contributed by atoms with E-state index < -0.39 is 9.84 Å². The molecule has 1 aliphatic heterocycles. The van der Waals surface area contributed by atoms with Gasteiger partial charge in [-0.1, -0.05) is 39.0 Å². The van der Waals surface area contributed by atoms with Crippen molar-refractivity contribution in [2.45, 2.75) is 38.6 Å². The fraction of sp³-hybridized carbons (Fsp3) is 0.588. The minimum Gasteiger partial charge on any atom is -0.376 e. The summed E-state index contributed by atoms with van der Waals surface area (Å²) in [5.41, 5.74) is 2.08. The van der Waals surface area contributed by atoms with E-state index in [4.69, 9.17) is 0 Å². The highest BCUT2D eigenvalue weighted by Crippen LogP contribution is 2.29. The van der Waals surface area contributed by atoms with Gasteiger partial charge in [-0.2, -0.15) is 0 Å². The summed E-state index contributed by atoms with van der Waals surface area (Å²) in [6.45, 7) is 6.56. The molecule has 0 radical (unpaired) electrons. The molecule has 6 heteroatoms. The zero-order chi connectivity index (χ0) is 17.3. The number of para-hydroxylation sites is 1. The van der Waals surface area contributed by atoms with Crippen molar-refractivity contribution in [2.75, 3.05) is 30.4 Å². The molecule has 0 unspecified atom stereocenters. The second-order valence-corrected chi connectivity index (χ2v) is 9.44. The fourth-order valence-corrected chi connectivity index (χ4v) is 4.65. The van der Waals surface area contributed by atoms with Gasteiger partial charge in [-0.3, -0.25) is 4.79 Å². The summed E-state index contributed by atoms with van der Waals surface area (Å²) in [5, 5.41) is 3.20. The second kappa shape index (κ2) is 6.51. The molecule has 1 amide bonds. The van der Waals surface area contributed by atoms with Crippen molar-refractivity contribution in [1.82, 2.24) is 4.90 Å². The number of benzene rings is 1. The molecular formula is C17H26N2O3S. The van der Waals surface area contributed by atoms with Crippen LogP contribution in [0.15, 0.2) is 24.3 Å². The predicted octanol–water partition coefficient (Wildman–Crippen LogP) is 2.04. The van der Waals surface area contributed by atoms with Gasteiger partial charge in [0.05, 0.1) is 18.1 Å². The van der Waals surface area contributed by atoms with Crippen molar-refractivity contribution in [3.63, 3.8) is 0 Å². The lowest BCUT2D eigenvalue weighted by Crippen LogP contribution is -2.41. The zero-order valence-electron chi connectivity index (χ0n) is 14.3. The van der Waals surface area contributed by atoms with Crippen LogP contribution in [-0.4, -0.2) is 50.4 Å². The minimum atomic E-state index is -2.98. The SMILES string of the molecule is CN(C(=O)CNc1ccccc1C(C)(C)C)[C@H]1CCS(=O)(=O)C1. The van der Waals surface area contributed by atoms with Gasteiger partial charge in [0.25, 0.3) is 0 Å². The molecule has 23 heavy (non-hydrogen) atoms. The third kappa shape index (κ3) is 4.47. The Morgan fingerprint density at radius 2 is 1.96 bits per heavy atom. The third-order valence-corrected chi connectivity index (χ3v) is 6.07. The summed E-state index contributed by atoms with van der Waals surface area (Å²) in [6, 6.07) is 7.75. The average Bonchev–Trinajstić information content (AvgIpc) is 2.83. The number of carbonyl (C=O) groups is 1. The van der Waals surface area contributed by atoms with E-state index in [9.17, 15) is 13.2 Å². The Hall–Kier alpha value is -1.56. The van der Waals surface area contributed by atoms with Gasteiger partial charge in [-0.15, -0.1) is 0 Å². The van der Waals surface area contributed by atoms with Crippen LogP contribution in [0, 0.1) is 0 Å². The van der Waals surface area contributed by atoms with Crippen LogP contribution >= 0.6 is 0 Å². The van der Waals surface area contributed by atoms with E-state index in [2.05, 4.69) is 32.2 Å². The van der Waals surface area contributed by atoms with Crippen molar-refractivity contribution in [2.24, 2.45) is 0 Å². The molecule has 1 aliphatic rings. The van der Waals surface area contributed by atoms with Crippen molar-refractivity contribution < 1.29 is 13.2 Å². The van der Waals surface area contributed by atoms with E-state index in [0.717, 1.165) is 11.3 Å². The first-order chi connectivity index (χ1) is 10.6. The van der Waals surface area contributed by atoms with Gasteiger partial charge in [0.15, 0.2) is 9.84 Å². The standard InChI is InChI=1S/C17H26N2O3S/c1-17(2,3)14-7-5-6-8-15(14)18-11-16(20)19(4)13-9-10-23(21,22)12-13/h5-8,13,18H,9-12H2,1-4H3/t13-/m0/s1. The van der Waals surface area contributed by atoms with Crippen LogP contribution < -0.4 is 5.32 Å². The maximum atomic E-state index is 12.3. The molecular weight excluding hydrogens is 312 g/mol. The lowest BCUT2D eigenvalue weighted by atomic mass is 9.86. The highest BCUT2D eigenvalue weighted by molar-refractivity contribution is 7.91. The van der Waals surface area contributed by atoms with Crippen LogP contribution in [0.4, 0.5) is 5.69 Å². The number of sulfone groups is 1. The predicted molar refractivity (Wildman–Crippen MR) is 93.5 cm³/mol. The Balaban J connectivity index is 2.00. The van der Waals surface area contributed by atoms with E-state index in [1.807, 2.05) is 18.2 Å². The monoisotopic (exact) mass is 338 g/mol. The molecule has 1 N–H and O–H groups in total. The maximum absolute atomic E-state index is 12.3. The molecule has 1 heterocycles. The molecule has 1 aromatic rings. The molecule has 0 saturated carbocycles. The number of hydrogen-bond acceptors (Lipinski definition) is 4. The van der Waals surface area contributed by atoms with Gasteiger partial charge >= 0.3 is 0 Å². The number of hydrogen-bond donors (Lipinski definition) is 1. The van der Waals surface area contributed by atoms with Gasteiger partial charge in [-0.25, -0.2) is 8.42 Å². The molecule has 2 rings (SSSR count). The van der Waals surface area contributed by atoms with E-state index in [1.54, 1.807) is 11.9 Å². The van der Waals surface area contributed by atoms with Crippen molar-refractivity contribution in [1.29, 1.82) is 0 Å². The summed E-state index contributed by atoms with van der Waals surface area (Å²) in [6.07, 6.45) is 0.531. The van der Waals surface area contributed by atoms with Crippen molar-refractivity contribution in [3.05, 3.63) is 29.8 Å². The number of amides is 1. The first-order valence-electron chi connectivity index (χ1n) is 7.89. The molecule has 0 aliphatic carbocycles. The lowest BCUT2D eigenvalue weighted by Gasteiger charge is -2.26. The Bertz CT molecular complexity index is 677. The number of nitrogens with zero attached hydrogens (tertiary/aromatic N) is 1. The fourth-order valence-electron chi connectivity index (χ4n) is 2.87. The van der Waals surface area contributed by atoms with Gasteiger partial charge in [0, 0.05) is 18.8 Å². The third-order valence-electron chi connectivity index (χ3n) is 4.31. The molecule has 0 bridgehead atoms. The lowest BCUT2D eigenvalue weighted by molar-refractivity contribution is -0.129. The zero-order valence-corrected chi connectivity index (χ0v) is 15.1. The number of nitrogens with one attached hydrogen (secondary N) is 1. The van der Waals surface area contributed by atoms with Crippen LogP contribution in [0.2, 0.25) is 0 Å². The van der Waals surface area contributed by atoms with Crippen LogP contribution in [0.25, 0.3) is 0 Å². The molecule has 1 atom stereocenters. The van der Waals surface area contributed by atoms with Crippen LogP contribution in [0.3, 0.4) is 0 Å². The number of likely N-dealkylation sites (N-methyl/N-ethyl adjacent to an activating group) is 1. The van der Waals surface area contributed by atoms with Gasteiger partial charge in [-0.05, 0) is 23.5 Å². The van der Waals surface area contributed by atoms with Crippen molar-refractivity contribution in [3.8, 4) is 0 Å². The van der Waals surface area contributed by atoms with Crippen LogP contribution in [0.1, 0.15) is 32.8 Å². The first-order valence-corrected chi connectivity index (χ1v) is 9.72. The van der Waals surface area contributed by atoms with E-state index in [1.165, 1.54) is 0 Å². The number of rotatable bonds is 4. The second-order valence-electron chi connectivity index (χ2n) is 7.21. The highest BCUT2D eigenvalue weighted by atomic mass is 32.2. The topological polar surface area (TPSA) is 66.5 Å². The summed E-state index contributed by atoms with van der Waals surface area (Å²) >= 11 is 0. The van der Waals surface area contributed by atoms with Gasteiger partial charge in [0.1, 0.15) is 0 Å². The number of carbonyl (C=O) groups excluding carboxylic acids is 1. The number of anilines is 1. The molecule has 1 aromatic carbocycles. The van der Waals surface area contributed by atoms with E-state index in [0.29, 0.717) is 6.42 Å². The smallest absolute Gasteiger partial charge is 0.241 e. The first kappa shape index (κ1) is 17.8. The van der Waals surface area contributed by atoms with E-state index >= 15 is 0 Å². The Kier molecular flexibility index (Phi) is 5.04. The summed E-state index contributed by atoms with van der Waals surface area (Å²) in [7, 11) is -1.30. The molecule has 1 saturated heterocycles. The van der Waals surface area contributed by atoms with E-state index in [-0.39, 0.29) is 35.4 Å². The Morgan fingerprint density at radius 3 is 2.52 bits per heavy atom. The van der Waals surface area contributed by atoms with Gasteiger partial charge in [0.2, 0.25) is 5.91 Å². The summed E-state index contributed by atoms with van der Waals surface area (Å²) in [5.74, 6) is 0.166. The Morgan fingerprint density at radius 1 is 1.30 bits per heavy atom. The molecule has 5 nitrogen and oxygen atoms in total. The quantitative estimate of drug-likeness (QED) is 0.912. The summed E-state index contributed by atoms with van der Waals surface area (Å²) < 4.78 is 23.1. The molecule has 1 fully saturated rings. The van der Waals surface area contributed by atoms with Gasteiger partial charge < -0.3 is 10.2 Å². The molecule has 128 valence electrons. The average molecular weight is 338 g/mol. The normalized spacial score (nSPS) is 20.3. The van der Waals surface area contributed by atoms with Crippen LogP contribution in [0.5, 0.6) is 0 Å². The maximum Gasteiger partial charge on any atom is 0.241 e. The minimum absolute atomic E-state index is 0.0158. The summed E-state index contributed by atoms with van der Waals surface area (Å²) in [4.78, 5) is 13.9. The largest absolute Gasteiger partial charge is 0.376 e. The van der Waals surface area contributed by atoms with Crippen LogP contribution in [-0.2, 0) is 20.0 Å². The Labute approximate surface area is 139 Å².